The minimum Gasteiger partial charge on any atom is -0.496 e. The first kappa shape index (κ1) is 14.4. The Morgan fingerprint density at radius 3 is 2.68 bits per heavy atom. The van der Waals surface area contributed by atoms with E-state index in [1.807, 2.05) is 18.2 Å². The molecule has 0 spiro atoms. The van der Waals surface area contributed by atoms with Gasteiger partial charge in [-0.3, -0.25) is 0 Å². The predicted octanol–water partition coefficient (Wildman–Crippen LogP) is 5.14. The average Bonchev–Trinajstić information content (AvgIpc) is 2.40. The zero-order chi connectivity index (χ0) is 13.8. The van der Waals surface area contributed by atoms with Crippen molar-refractivity contribution < 1.29 is 4.74 Å². The number of nitrogens with one attached hydrogen (secondary N) is 1. The maximum atomic E-state index is 5.37. The first-order valence-corrected chi connectivity index (χ1v) is 7.52. The molecule has 100 valence electrons. The molecule has 4 heteroatoms. The first-order valence-electron chi connectivity index (χ1n) is 5.93. The van der Waals surface area contributed by atoms with Crippen molar-refractivity contribution in [1.82, 2.24) is 0 Å². The quantitative estimate of drug-likeness (QED) is 0.787. The van der Waals surface area contributed by atoms with Crippen LogP contribution < -0.4 is 10.1 Å². The summed E-state index contributed by atoms with van der Waals surface area (Å²) in [5.41, 5.74) is 3.42. The third kappa shape index (κ3) is 3.51. The van der Waals surface area contributed by atoms with Crippen molar-refractivity contribution in [2.24, 2.45) is 0 Å². The van der Waals surface area contributed by atoms with Crippen molar-refractivity contribution in [3.63, 3.8) is 0 Å². The lowest BCUT2D eigenvalue weighted by Crippen LogP contribution is -2.02. The van der Waals surface area contributed by atoms with Gasteiger partial charge in [0.1, 0.15) is 5.75 Å². The highest BCUT2D eigenvalue weighted by Crippen LogP contribution is 2.28. The number of rotatable bonds is 4. The van der Waals surface area contributed by atoms with E-state index < -0.39 is 0 Å². The van der Waals surface area contributed by atoms with Gasteiger partial charge in [-0.05, 0) is 52.7 Å². The van der Waals surface area contributed by atoms with Crippen molar-refractivity contribution >= 4 is 37.5 Å². The van der Waals surface area contributed by atoms with Gasteiger partial charge >= 0.3 is 0 Å². The molecule has 2 aromatic rings. The van der Waals surface area contributed by atoms with Crippen molar-refractivity contribution in [3.8, 4) is 5.75 Å². The van der Waals surface area contributed by atoms with Crippen molar-refractivity contribution in [2.75, 3.05) is 12.4 Å². The SMILES string of the molecule is COc1ccc(Br)cc1CNc1cccc(C)c1Br. The normalized spacial score (nSPS) is 10.3. The molecule has 0 unspecified atom stereocenters. The summed E-state index contributed by atoms with van der Waals surface area (Å²) in [5.74, 6) is 0.888. The summed E-state index contributed by atoms with van der Waals surface area (Å²) in [6.07, 6.45) is 0. The molecule has 2 aromatic carbocycles. The average molecular weight is 385 g/mol. The van der Waals surface area contributed by atoms with Crippen LogP contribution in [0.1, 0.15) is 11.1 Å². The van der Waals surface area contributed by atoms with Gasteiger partial charge in [0, 0.05) is 26.7 Å². The Morgan fingerprint density at radius 2 is 1.95 bits per heavy atom. The molecule has 0 amide bonds. The molecule has 0 aliphatic carbocycles. The molecule has 1 N–H and O–H groups in total. The lowest BCUT2D eigenvalue weighted by molar-refractivity contribution is 0.410. The maximum absolute atomic E-state index is 5.37. The summed E-state index contributed by atoms with van der Waals surface area (Å²) in [4.78, 5) is 0. The highest BCUT2D eigenvalue weighted by molar-refractivity contribution is 9.11. The van der Waals surface area contributed by atoms with Crippen LogP contribution in [0.2, 0.25) is 0 Å². The van der Waals surface area contributed by atoms with Gasteiger partial charge in [0.05, 0.1) is 7.11 Å². The van der Waals surface area contributed by atoms with Crippen LogP contribution in [-0.4, -0.2) is 7.11 Å². The van der Waals surface area contributed by atoms with E-state index in [0.717, 1.165) is 25.9 Å². The molecule has 0 saturated heterocycles. The van der Waals surface area contributed by atoms with E-state index in [4.69, 9.17) is 4.74 Å². The molecule has 0 bridgehead atoms. The van der Waals surface area contributed by atoms with E-state index in [2.05, 4.69) is 62.3 Å². The van der Waals surface area contributed by atoms with Crippen molar-refractivity contribution in [3.05, 3.63) is 56.5 Å². The van der Waals surface area contributed by atoms with Gasteiger partial charge in [-0.1, -0.05) is 28.1 Å². The fraction of sp³-hybridized carbons (Fsp3) is 0.200. The van der Waals surface area contributed by atoms with Gasteiger partial charge in [-0.15, -0.1) is 0 Å². The smallest absolute Gasteiger partial charge is 0.123 e. The van der Waals surface area contributed by atoms with Crippen LogP contribution in [0.4, 0.5) is 5.69 Å². The Balaban J connectivity index is 2.18. The molecule has 0 aliphatic heterocycles. The summed E-state index contributed by atoms with van der Waals surface area (Å²) in [6, 6.07) is 12.2. The number of halogens is 2. The van der Waals surface area contributed by atoms with Crippen molar-refractivity contribution in [1.29, 1.82) is 0 Å². The lowest BCUT2D eigenvalue weighted by atomic mass is 10.2. The lowest BCUT2D eigenvalue weighted by Gasteiger charge is -2.13. The molecule has 0 aliphatic rings. The molecule has 0 heterocycles. The van der Waals surface area contributed by atoms with Crippen LogP contribution in [0, 0.1) is 6.92 Å². The summed E-state index contributed by atoms with van der Waals surface area (Å²) in [5, 5.41) is 3.42. The minimum atomic E-state index is 0.713. The first-order chi connectivity index (χ1) is 9.11. The van der Waals surface area contributed by atoms with Gasteiger partial charge in [0.25, 0.3) is 0 Å². The highest BCUT2D eigenvalue weighted by Gasteiger charge is 2.06. The Labute approximate surface area is 130 Å². The molecule has 0 aromatic heterocycles. The van der Waals surface area contributed by atoms with E-state index in [-0.39, 0.29) is 0 Å². The van der Waals surface area contributed by atoms with E-state index in [1.54, 1.807) is 7.11 Å². The molecule has 19 heavy (non-hydrogen) atoms. The fourth-order valence-corrected chi connectivity index (χ4v) is 2.67. The topological polar surface area (TPSA) is 21.3 Å². The van der Waals surface area contributed by atoms with Gasteiger partial charge in [-0.25, -0.2) is 0 Å². The highest BCUT2D eigenvalue weighted by atomic mass is 79.9. The fourth-order valence-electron chi connectivity index (χ4n) is 1.86. The largest absolute Gasteiger partial charge is 0.496 e. The molecule has 0 radical (unpaired) electrons. The zero-order valence-electron chi connectivity index (χ0n) is 10.8. The second-order valence-corrected chi connectivity index (χ2v) is 5.95. The van der Waals surface area contributed by atoms with Gasteiger partial charge in [0.15, 0.2) is 0 Å². The zero-order valence-corrected chi connectivity index (χ0v) is 14.0. The van der Waals surface area contributed by atoms with Crippen LogP contribution in [0.3, 0.4) is 0 Å². The van der Waals surface area contributed by atoms with Gasteiger partial charge in [0.2, 0.25) is 0 Å². The Kier molecular flexibility index (Phi) is 4.88. The molecule has 0 fully saturated rings. The number of anilines is 1. The molecule has 2 rings (SSSR count). The number of aryl methyl sites for hydroxylation is 1. The Hall–Kier alpha value is -1.00. The number of hydrogen-bond donors (Lipinski definition) is 1. The monoisotopic (exact) mass is 383 g/mol. The number of hydrogen-bond acceptors (Lipinski definition) is 2. The summed E-state index contributed by atoms with van der Waals surface area (Å²) >= 11 is 7.09. The van der Waals surface area contributed by atoms with E-state index >= 15 is 0 Å². The number of ether oxygens (including phenoxy) is 1. The van der Waals surface area contributed by atoms with E-state index in [1.165, 1.54) is 5.56 Å². The Morgan fingerprint density at radius 1 is 1.16 bits per heavy atom. The predicted molar refractivity (Wildman–Crippen MR) is 86.9 cm³/mol. The third-order valence-corrected chi connectivity index (χ3v) is 4.45. The number of benzene rings is 2. The van der Waals surface area contributed by atoms with Crippen LogP contribution in [0.25, 0.3) is 0 Å². The molecular formula is C15H15Br2NO. The summed E-state index contributed by atoms with van der Waals surface area (Å²) in [6.45, 7) is 2.79. The maximum Gasteiger partial charge on any atom is 0.123 e. The molecule has 0 atom stereocenters. The molecular weight excluding hydrogens is 370 g/mol. The standard InChI is InChI=1S/C15H15Br2NO/c1-10-4-3-5-13(15(10)17)18-9-11-8-12(16)6-7-14(11)19-2/h3-8,18H,9H2,1-2H3. The van der Waals surface area contributed by atoms with E-state index in [0.29, 0.717) is 6.54 Å². The number of methoxy groups -OCH3 is 1. The third-order valence-electron chi connectivity index (χ3n) is 2.90. The second-order valence-electron chi connectivity index (χ2n) is 4.25. The summed E-state index contributed by atoms with van der Waals surface area (Å²) in [7, 11) is 1.69. The van der Waals surface area contributed by atoms with Crippen LogP contribution in [0.15, 0.2) is 45.3 Å². The van der Waals surface area contributed by atoms with Crippen molar-refractivity contribution in [2.45, 2.75) is 13.5 Å². The van der Waals surface area contributed by atoms with Gasteiger partial charge < -0.3 is 10.1 Å². The van der Waals surface area contributed by atoms with E-state index in [9.17, 15) is 0 Å². The Bertz CT molecular complexity index is 584. The second kappa shape index (κ2) is 6.44. The van der Waals surface area contributed by atoms with Crippen LogP contribution in [-0.2, 0) is 6.54 Å². The van der Waals surface area contributed by atoms with Crippen LogP contribution >= 0.6 is 31.9 Å². The summed E-state index contributed by atoms with van der Waals surface area (Å²) < 4.78 is 7.52. The molecule has 0 saturated carbocycles. The molecule has 2 nitrogen and oxygen atoms in total. The van der Waals surface area contributed by atoms with Crippen LogP contribution in [0.5, 0.6) is 5.75 Å². The van der Waals surface area contributed by atoms with Gasteiger partial charge in [-0.2, -0.15) is 0 Å². The minimum absolute atomic E-state index is 0.713.